The van der Waals surface area contributed by atoms with Crippen molar-refractivity contribution in [2.75, 3.05) is 13.2 Å². The minimum Gasteiger partial charge on any atom is -0.328 e. The van der Waals surface area contributed by atoms with Crippen LogP contribution in [0.4, 0.5) is 0 Å². The fourth-order valence-electron chi connectivity index (χ4n) is 2.21. The Bertz CT molecular complexity index is 248. The molecule has 1 atom stereocenters. The zero-order valence-electron chi connectivity index (χ0n) is 9.88. The maximum atomic E-state index is 12.0. The van der Waals surface area contributed by atoms with Crippen LogP contribution in [0, 0.1) is 5.41 Å². The number of hydrogen-bond donors (Lipinski definition) is 1. The zero-order chi connectivity index (χ0) is 10.9. The Balaban J connectivity index is 1.81. The Morgan fingerprint density at radius 1 is 1.53 bits per heavy atom. The van der Waals surface area contributed by atoms with E-state index in [2.05, 4.69) is 19.2 Å². The molecule has 2 rings (SSSR count). The van der Waals surface area contributed by atoms with E-state index in [1.807, 2.05) is 4.90 Å². The molecule has 1 heterocycles. The molecule has 1 aliphatic carbocycles. The highest BCUT2D eigenvalue weighted by Gasteiger charge is 2.42. The first-order chi connectivity index (χ1) is 7.14. The van der Waals surface area contributed by atoms with Crippen LogP contribution in [0.25, 0.3) is 0 Å². The minimum absolute atomic E-state index is 0.104. The third-order valence-electron chi connectivity index (χ3n) is 3.66. The van der Waals surface area contributed by atoms with Crippen molar-refractivity contribution in [1.29, 1.82) is 0 Å². The molecule has 0 aromatic rings. The third-order valence-corrected chi connectivity index (χ3v) is 3.66. The Morgan fingerprint density at radius 3 is 2.87 bits per heavy atom. The van der Waals surface area contributed by atoms with E-state index >= 15 is 0 Å². The summed E-state index contributed by atoms with van der Waals surface area (Å²) in [5.41, 5.74) is 0.441. The molecule has 1 amide bonds. The molecule has 0 aromatic carbocycles. The van der Waals surface area contributed by atoms with Crippen molar-refractivity contribution in [2.45, 2.75) is 52.0 Å². The fourth-order valence-corrected chi connectivity index (χ4v) is 2.21. The molecule has 3 nitrogen and oxygen atoms in total. The lowest BCUT2D eigenvalue weighted by molar-refractivity contribution is -0.129. The summed E-state index contributed by atoms with van der Waals surface area (Å²) in [6.07, 6.45) is 5.90. The third kappa shape index (κ3) is 2.51. The molecule has 1 aliphatic heterocycles. The molecule has 0 radical (unpaired) electrons. The van der Waals surface area contributed by atoms with Gasteiger partial charge in [0.15, 0.2) is 0 Å². The van der Waals surface area contributed by atoms with Gasteiger partial charge in [-0.15, -0.1) is 0 Å². The van der Waals surface area contributed by atoms with Crippen LogP contribution in [0.1, 0.15) is 46.0 Å². The summed E-state index contributed by atoms with van der Waals surface area (Å²) in [5.74, 6) is 0.330. The van der Waals surface area contributed by atoms with Crippen molar-refractivity contribution in [3.05, 3.63) is 0 Å². The predicted molar refractivity (Wildman–Crippen MR) is 60.4 cm³/mol. The van der Waals surface area contributed by atoms with Crippen LogP contribution >= 0.6 is 0 Å². The molecule has 1 N–H and O–H groups in total. The van der Waals surface area contributed by atoms with Gasteiger partial charge in [0.05, 0.1) is 12.7 Å². The second-order valence-electron chi connectivity index (χ2n) is 5.40. The first-order valence-corrected chi connectivity index (χ1v) is 6.17. The van der Waals surface area contributed by atoms with Crippen LogP contribution in [0.15, 0.2) is 0 Å². The maximum Gasteiger partial charge on any atom is 0.240 e. The summed E-state index contributed by atoms with van der Waals surface area (Å²) in [6, 6.07) is 0.104. The molecular weight excluding hydrogens is 188 g/mol. The van der Waals surface area contributed by atoms with Gasteiger partial charge < -0.3 is 4.90 Å². The van der Waals surface area contributed by atoms with Crippen LogP contribution in [0.5, 0.6) is 0 Å². The first kappa shape index (κ1) is 10.9. The molecule has 0 spiro atoms. The summed E-state index contributed by atoms with van der Waals surface area (Å²) >= 11 is 0. The largest absolute Gasteiger partial charge is 0.328 e. The Labute approximate surface area is 92.2 Å². The molecule has 2 aliphatic rings. The number of amides is 1. The van der Waals surface area contributed by atoms with Gasteiger partial charge in [0.2, 0.25) is 5.91 Å². The zero-order valence-corrected chi connectivity index (χ0v) is 9.88. The summed E-state index contributed by atoms with van der Waals surface area (Å²) in [5, 5.41) is 3.32. The SMILES string of the molecule is CCCCC1NCN(CC2(C)CC2)C1=O. The van der Waals surface area contributed by atoms with E-state index in [1.54, 1.807) is 0 Å². The van der Waals surface area contributed by atoms with Crippen LogP contribution < -0.4 is 5.32 Å². The van der Waals surface area contributed by atoms with E-state index in [4.69, 9.17) is 0 Å². The number of nitrogens with zero attached hydrogens (tertiary/aromatic N) is 1. The molecule has 86 valence electrons. The van der Waals surface area contributed by atoms with Gasteiger partial charge in [-0.05, 0) is 24.7 Å². The topological polar surface area (TPSA) is 32.3 Å². The summed E-state index contributed by atoms with van der Waals surface area (Å²) in [6.45, 7) is 6.17. The van der Waals surface area contributed by atoms with E-state index in [0.29, 0.717) is 11.3 Å². The van der Waals surface area contributed by atoms with Gasteiger partial charge in [-0.3, -0.25) is 10.1 Å². The second-order valence-corrected chi connectivity index (χ2v) is 5.40. The van der Waals surface area contributed by atoms with Crippen molar-refractivity contribution in [3.8, 4) is 0 Å². The van der Waals surface area contributed by atoms with E-state index < -0.39 is 0 Å². The Morgan fingerprint density at radius 2 is 2.27 bits per heavy atom. The van der Waals surface area contributed by atoms with E-state index in [-0.39, 0.29) is 6.04 Å². The highest BCUT2D eigenvalue weighted by Crippen LogP contribution is 2.45. The number of rotatable bonds is 5. The fraction of sp³-hybridized carbons (Fsp3) is 0.917. The van der Waals surface area contributed by atoms with Crippen molar-refractivity contribution < 1.29 is 4.79 Å². The van der Waals surface area contributed by atoms with Crippen LogP contribution in [-0.4, -0.2) is 30.1 Å². The van der Waals surface area contributed by atoms with Crippen molar-refractivity contribution >= 4 is 5.91 Å². The molecule has 1 saturated heterocycles. The molecule has 0 aromatic heterocycles. The second kappa shape index (κ2) is 4.12. The van der Waals surface area contributed by atoms with Gasteiger partial charge in [0, 0.05) is 6.54 Å². The molecular formula is C12H22N2O. The Hall–Kier alpha value is -0.570. The van der Waals surface area contributed by atoms with Gasteiger partial charge in [0.1, 0.15) is 0 Å². The van der Waals surface area contributed by atoms with E-state index in [1.165, 1.54) is 19.3 Å². The predicted octanol–water partition coefficient (Wildman–Crippen LogP) is 1.73. The number of carbonyl (C=O) groups excluding carboxylic acids is 1. The van der Waals surface area contributed by atoms with Crippen molar-refractivity contribution in [3.63, 3.8) is 0 Å². The number of nitrogens with one attached hydrogen (secondary N) is 1. The first-order valence-electron chi connectivity index (χ1n) is 6.17. The Kier molecular flexibility index (Phi) is 3.01. The van der Waals surface area contributed by atoms with Gasteiger partial charge in [-0.2, -0.15) is 0 Å². The van der Waals surface area contributed by atoms with E-state index in [9.17, 15) is 4.79 Å². The number of carbonyl (C=O) groups is 1. The molecule has 1 unspecified atom stereocenters. The molecule has 0 bridgehead atoms. The summed E-state index contributed by atoms with van der Waals surface area (Å²) in [7, 11) is 0. The van der Waals surface area contributed by atoms with Crippen molar-refractivity contribution in [1.82, 2.24) is 10.2 Å². The standard InChI is InChI=1S/C12H22N2O/c1-3-4-5-10-11(15)14(9-13-10)8-12(2)6-7-12/h10,13H,3-9H2,1-2H3. The summed E-state index contributed by atoms with van der Waals surface area (Å²) in [4.78, 5) is 14.0. The molecule has 15 heavy (non-hydrogen) atoms. The molecule has 3 heteroatoms. The number of hydrogen-bond acceptors (Lipinski definition) is 2. The van der Waals surface area contributed by atoms with Crippen molar-refractivity contribution in [2.24, 2.45) is 5.41 Å². The van der Waals surface area contributed by atoms with Gasteiger partial charge >= 0.3 is 0 Å². The van der Waals surface area contributed by atoms with Crippen LogP contribution in [0.2, 0.25) is 0 Å². The highest BCUT2D eigenvalue weighted by molar-refractivity contribution is 5.83. The van der Waals surface area contributed by atoms with Gasteiger partial charge in [-0.25, -0.2) is 0 Å². The van der Waals surface area contributed by atoms with Crippen LogP contribution in [-0.2, 0) is 4.79 Å². The molecule has 2 fully saturated rings. The minimum atomic E-state index is 0.104. The quantitative estimate of drug-likeness (QED) is 0.749. The van der Waals surface area contributed by atoms with Gasteiger partial charge in [-0.1, -0.05) is 26.7 Å². The molecule has 1 saturated carbocycles. The lowest BCUT2D eigenvalue weighted by Crippen LogP contribution is -2.33. The highest BCUT2D eigenvalue weighted by atomic mass is 16.2. The summed E-state index contributed by atoms with van der Waals surface area (Å²) < 4.78 is 0. The van der Waals surface area contributed by atoms with E-state index in [0.717, 1.165) is 26.1 Å². The van der Waals surface area contributed by atoms with Crippen LogP contribution in [0.3, 0.4) is 0 Å². The van der Waals surface area contributed by atoms with Gasteiger partial charge in [0.25, 0.3) is 0 Å². The lowest BCUT2D eigenvalue weighted by atomic mass is 10.1. The maximum absolute atomic E-state index is 12.0. The average molecular weight is 210 g/mol. The smallest absolute Gasteiger partial charge is 0.240 e. The number of unbranched alkanes of at least 4 members (excludes halogenated alkanes) is 1. The average Bonchev–Trinajstić information content (AvgIpc) is 2.84. The normalized spacial score (nSPS) is 28.5. The monoisotopic (exact) mass is 210 g/mol. The lowest BCUT2D eigenvalue weighted by Gasteiger charge is -2.19.